The zero-order valence-electron chi connectivity index (χ0n) is 17.4. The molecule has 1 heterocycles. The van der Waals surface area contributed by atoms with E-state index in [1.165, 1.54) is 27.6 Å². The Morgan fingerprint density at radius 1 is 0.893 bits per heavy atom. The van der Waals surface area contributed by atoms with Crippen LogP contribution in [0.3, 0.4) is 0 Å². The van der Waals surface area contributed by atoms with Crippen molar-refractivity contribution in [2.45, 2.75) is 33.1 Å². The molecule has 0 radical (unpaired) electrons. The summed E-state index contributed by atoms with van der Waals surface area (Å²) in [6, 6.07) is 8.47. The van der Waals surface area contributed by atoms with Crippen LogP contribution >= 0.6 is 0 Å². The van der Waals surface area contributed by atoms with Crippen LogP contribution in [0.4, 0.5) is 0 Å². The monoisotopic (exact) mass is 382 g/mol. The molecule has 3 rings (SSSR count). The fraction of sp³-hybridized carbons (Fsp3) is 0.391. The maximum absolute atomic E-state index is 5.73. The molecule has 0 fully saturated rings. The largest absolute Gasteiger partial charge is 0.493 e. The van der Waals surface area contributed by atoms with Crippen molar-refractivity contribution < 1.29 is 14.2 Å². The first-order valence-corrected chi connectivity index (χ1v) is 9.66. The van der Waals surface area contributed by atoms with Crippen LogP contribution in [0.5, 0.6) is 17.2 Å². The van der Waals surface area contributed by atoms with Crippen LogP contribution < -0.4 is 19.9 Å². The highest BCUT2D eigenvalue weighted by atomic mass is 16.5. The third-order valence-electron chi connectivity index (χ3n) is 5.19. The van der Waals surface area contributed by atoms with Crippen LogP contribution in [0.2, 0.25) is 0 Å². The normalized spacial score (nSPS) is 11.1. The molecular weight excluding hydrogens is 352 g/mol. The van der Waals surface area contributed by atoms with Gasteiger partial charge in [0.05, 0.1) is 21.3 Å². The van der Waals surface area contributed by atoms with Gasteiger partial charge in [0.2, 0.25) is 5.75 Å². The van der Waals surface area contributed by atoms with Crippen molar-refractivity contribution >= 4 is 10.9 Å². The van der Waals surface area contributed by atoms with E-state index in [4.69, 9.17) is 19.9 Å². The minimum absolute atomic E-state index is 0.599. The van der Waals surface area contributed by atoms with Crippen LogP contribution in [0.1, 0.15) is 29.5 Å². The summed E-state index contributed by atoms with van der Waals surface area (Å²) in [5.41, 5.74) is 12.8. The first kappa shape index (κ1) is 20.1. The van der Waals surface area contributed by atoms with Gasteiger partial charge in [-0.2, -0.15) is 0 Å². The third-order valence-corrected chi connectivity index (χ3v) is 5.19. The Labute approximate surface area is 166 Å². The molecule has 0 unspecified atom stereocenters. The van der Waals surface area contributed by atoms with Crippen molar-refractivity contribution in [1.82, 2.24) is 4.98 Å². The zero-order valence-corrected chi connectivity index (χ0v) is 17.4. The van der Waals surface area contributed by atoms with Crippen LogP contribution in [0.15, 0.2) is 24.3 Å². The number of fused-ring (bicyclic) bond motifs is 1. The molecule has 3 aromatic rings. The van der Waals surface area contributed by atoms with E-state index in [1.807, 2.05) is 12.1 Å². The quantitative estimate of drug-likeness (QED) is 0.551. The van der Waals surface area contributed by atoms with E-state index >= 15 is 0 Å². The van der Waals surface area contributed by atoms with E-state index in [9.17, 15) is 0 Å². The highest BCUT2D eigenvalue weighted by Gasteiger charge is 2.19. The number of nitrogens with two attached hydrogens (primary N) is 1. The van der Waals surface area contributed by atoms with E-state index in [-0.39, 0.29) is 0 Å². The molecule has 0 bridgehead atoms. The Bertz CT molecular complexity index is 951. The minimum Gasteiger partial charge on any atom is -0.493 e. The first-order chi connectivity index (χ1) is 13.5. The van der Waals surface area contributed by atoms with Gasteiger partial charge in [0.1, 0.15) is 0 Å². The Hall–Kier alpha value is -2.66. The average Bonchev–Trinajstić information content (AvgIpc) is 3.05. The predicted molar refractivity (Wildman–Crippen MR) is 115 cm³/mol. The maximum atomic E-state index is 5.73. The molecule has 3 N–H and O–H groups in total. The summed E-state index contributed by atoms with van der Waals surface area (Å²) < 4.78 is 16.6. The van der Waals surface area contributed by atoms with Gasteiger partial charge in [-0.3, -0.25) is 0 Å². The Kier molecular flexibility index (Phi) is 6.15. The van der Waals surface area contributed by atoms with Crippen LogP contribution in [-0.4, -0.2) is 32.9 Å². The number of aromatic amines is 1. The topological polar surface area (TPSA) is 69.5 Å². The summed E-state index contributed by atoms with van der Waals surface area (Å²) in [6.45, 7) is 5.00. The predicted octanol–water partition coefficient (Wildman–Crippen LogP) is 4.76. The Morgan fingerprint density at radius 2 is 1.57 bits per heavy atom. The number of ether oxygens (including phenoxy) is 3. The van der Waals surface area contributed by atoms with Gasteiger partial charge in [0.15, 0.2) is 11.5 Å². The summed E-state index contributed by atoms with van der Waals surface area (Å²) >= 11 is 0. The SMILES string of the molecule is COc1cc(-c2[nH]c3c(C)cc(C)cc3c2CCCCN)cc(OC)c1OC. The number of hydrogen-bond donors (Lipinski definition) is 2. The van der Waals surface area contributed by atoms with Gasteiger partial charge >= 0.3 is 0 Å². The van der Waals surface area contributed by atoms with Gasteiger partial charge in [0, 0.05) is 22.2 Å². The molecule has 0 aliphatic heterocycles. The van der Waals surface area contributed by atoms with E-state index in [2.05, 4.69) is 31.0 Å². The maximum Gasteiger partial charge on any atom is 0.203 e. The second kappa shape index (κ2) is 8.57. The summed E-state index contributed by atoms with van der Waals surface area (Å²) in [5, 5.41) is 1.28. The zero-order chi connectivity index (χ0) is 20.3. The van der Waals surface area contributed by atoms with Crippen LogP contribution in [0, 0.1) is 13.8 Å². The molecule has 150 valence electrons. The summed E-state index contributed by atoms with van der Waals surface area (Å²) in [5.74, 6) is 1.90. The van der Waals surface area contributed by atoms with E-state index in [1.54, 1.807) is 21.3 Å². The number of hydrogen-bond acceptors (Lipinski definition) is 4. The molecule has 1 aromatic heterocycles. The van der Waals surface area contributed by atoms with Gasteiger partial charge in [-0.25, -0.2) is 0 Å². The summed E-state index contributed by atoms with van der Waals surface area (Å²) in [6.07, 6.45) is 3.02. The first-order valence-electron chi connectivity index (χ1n) is 9.66. The molecule has 2 aromatic carbocycles. The summed E-state index contributed by atoms with van der Waals surface area (Å²) in [7, 11) is 4.90. The van der Waals surface area contributed by atoms with Gasteiger partial charge in [0.25, 0.3) is 0 Å². The van der Waals surface area contributed by atoms with E-state index < -0.39 is 0 Å². The lowest BCUT2D eigenvalue weighted by Gasteiger charge is -2.14. The lowest BCUT2D eigenvalue weighted by Crippen LogP contribution is -2.00. The number of benzene rings is 2. The number of rotatable bonds is 8. The fourth-order valence-corrected chi connectivity index (χ4v) is 3.88. The molecule has 28 heavy (non-hydrogen) atoms. The fourth-order valence-electron chi connectivity index (χ4n) is 3.88. The number of methoxy groups -OCH3 is 3. The molecule has 0 aliphatic rings. The van der Waals surface area contributed by atoms with Crippen LogP contribution in [-0.2, 0) is 6.42 Å². The number of aryl methyl sites for hydroxylation is 3. The Morgan fingerprint density at radius 3 is 2.14 bits per heavy atom. The van der Waals surface area contributed by atoms with Gasteiger partial charge in [-0.15, -0.1) is 0 Å². The van der Waals surface area contributed by atoms with Crippen molar-refractivity contribution in [1.29, 1.82) is 0 Å². The molecule has 0 amide bonds. The molecule has 0 aliphatic carbocycles. The van der Waals surface area contributed by atoms with E-state index in [0.29, 0.717) is 23.8 Å². The Balaban J connectivity index is 2.24. The second-order valence-corrected chi connectivity index (χ2v) is 7.14. The standard InChI is InChI=1S/C23H30N2O3/c1-14-10-15(2)21-18(11-14)17(8-6-7-9-24)22(25-21)16-12-19(26-3)23(28-5)20(13-16)27-4/h10-13,25H,6-9,24H2,1-5H3. The van der Waals surface area contributed by atoms with Gasteiger partial charge < -0.3 is 24.9 Å². The van der Waals surface area contributed by atoms with Crippen molar-refractivity contribution in [3.63, 3.8) is 0 Å². The van der Waals surface area contributed by atoms with E-state index in [0.717, 1.165) is 30.5 Å². The third kappa shape index (κ3) is 3.67. The lowest BCUT2D eigenvalue weighted by atomic mass is 9.98. The van der Waals surface area contributed by atoms with Gasteiger partial charge in [-0.05, 0) is 69.0 Å². The number of nitrogens with one attached hydrogen (secondary N) is 1. The second-order valence-electron chi connectivity index (χ2n) is 7.14. The molecule has 5 heteroatoms. The smallest absolute Gasteiger partial charge is 0.203 e. The molecule has 0 saturated heterocycles. The van der Waals surface area contributed by atoms with Gasteiger partial charge in [-0.1, -0.05) is 11.6 Å². The highest BCUT2D eigenvalue weighted by molar-refractivity contribution is 5.93. The average molecular weight is 383 g/mol. The minimum atomic E-state index is 0.599. The molecule has 0 atom stereocenters. The van der Waals surface area contributed by atoms with Crippen molar-refractivity contribution in [2.24, 2.45) is 5.73 Å². The van der Waals surface area contributed by atoms with Crippen molar-refractivity contribution in [3.05, 3.63) is 41.0 Å². The number of unbranched alkanes of at least 4 members (excludes halogenated alkanes) is 1. The number of H-pyrrole nitrogens is 1. The summed E-state index contributed by atoms with van der Waals surface area (Å²) in [4.78, 5) is 3.66. The molecule has 0 saturated carbocycles. The molecule has 0 spiro atoms. The number of aromatic nitrogens is 1. The highest BCUT2D eigenvalue weighted by Crippen LogP contribution is 2.43. The molecule has 5 nitrogen and oxygen atoms in total. The van der Waals surface area contributed by atoms with Crippen molar-refractivity contribution in [3.8, 4) is 28.5 Å². The molecular formula is C23H30N2O3. The van der Waals surface area contributed by atoms with Crippen molar-refractivity contribution in [2.75, 3.05) is 27.9 Å². The lowest BCUT2D eigenvalue weighted by molar-refractivity contribution is 0.324. The van der Waals surface area contributed by atoms with Crippen LogP contribution in [0.25, 0.3) is 22.2 Å².